The van der Waals surface area contributed by atoms with Crippen molar-refractivity contribution in [2.24, 2.45) is 0 Å². The molecule has 28 heavy (non-hydrogen) atoms. The molecule has 2 aromatic rings. The first-order chi connectivity index (χ1) is 13.1. The minimum Gasteiger partial charge on any atom is -0.267 e. The number of nitro groups is 1. The number of non-ortho nitro benzene ring substituents is 1. The number of nitro benzene ring substituents is 1. The first-order valence-corrected chi connectivity index (χ1v) is 9.98. The molecular weight excluding hydrogens is 401 g/mol. The molecule has 1 heterocycles. The van der Waals surface area contributed by atoms with E-state index in [1.165, 1.54) is 16.8 Å². The van der Waals surface area contributed by atoms with Crippen molar-refractivity contribution in [3.05, 3.63) is 51.3 Å². The average molecular weight is 418 g/mol. The van der Waals surface area contributed by atoms with Gasteiger partial charge in [-0.2, -0.15) is 18.3 Å². The number of hydrogen-bond acceptors (Lipinski definition) is 5. The first-order valence-electron chi connectivity index (χ1n) is 8.49. The zero-order chi connectivity index (χ0) is 20.5. The fourth-order valence-electron chi connectivity index (χ4n) is 3.22. The molecule has 3 rings (SSSR count). The zero-order valence-corrected chi connectivity index (χ0v) is 15.4. The molecule has 1 N–H and O–H groups in total. The molecule has 1 aromatic carbocycles. The Balaban J connectivity index is 1.75. The topological polar surface area (TPSA) is 107 Å². The lowest BCUT2D eigenvalue weighted by molar-refractivity contribution is -0.385. The van der Waals surface area contributed by atoms with E-state index in [0.717, 1.165) is 18.6 Å². The van der Waals surface area contributed by atoms with Crippen LogP contribution in [0.1, 0.15) is 29.8 Å². The molecule has 152 valence electrons. The van der Waals surface area contributed by atoms with Crippen molar-refractivity contribution in [2.75, 3.05) is 6.54 Å². The summed E-state index contributed by atoms with van der Waals surface area (Å²) in [7, 11) is -4.05. The van der Waals surface area contributed by atoms with Crippen molar-refractivity contribution >= 4 is 15.7 Å². The number of alkyl halides is 3. The van der Waals surface area contributed by atoms with E-state index in [4.69, 9.17) is 0 Å². The highest BCUT2D eigenvalue weighted by Crippen LogP contribution is 2.35. The predicted molar refractivity (Wildman–Crippen MR) is 92.2 cm³/mol. The highest BCUT2D eigenvalue weighted by molar-refractivity contribution is 7.89. The fraction of sp³-hybridized carbons (Fsp3) is 0.438. The molecule has 0 fully saturated rings. The second-order valence-electron chi connectivity index (χ2n) is 6.35. The van der Waals surface area contributed by atoms with Crippen LogP contribution in [-0.4, -0.2) is 29.7 Å². The molecule has 12 heteroatoms. The van der Waals surface area contributed by atoms with E-state index < -0.39 is 26.8 Å². The number of benzene rings is 1. The van der Waals surface area contributed by atoms with Gasteiger partial charge in [0.1, 0.15) is 0 Å². The van der Waals surface area contributed by atoms with Crippen LogP contribution in [0.4, 0.5) is 18.9 Å². The van der Waals surface area contributed by atoms with Gasteiger partial charge < -0.3 is 0 Å². The van der Waals surface area contributed by atoms with Gasteiger partial charge in [-0.3, -0.25) is 14.8 Å². The van der Waals surface area contributed by atoms with Crippen molar-refractivity contribution in [2.45, 2.75) is 43.3 Å². The van der Waals surface area contributed by atoms with Crippen LogP contribution >= 0.6 is 0 Å². The number of rotatable bonds is 6. The maximum absolute atomic E-state index is 13.2. The third-order valence-corrected chi connectivity index (χ3v) is 5.94. The molecule has 0 saturated carbocycles. The van der Waals surface area contributed by atoms with E-state index in [0.29, 0.717) is 25.0 Å². The number of fused-ring (bicyclic) bond motifs is 1. The molecule has 0 saturated heterocycles. The van der Waals surface area contributed by atoms with Gasteiger partial charge in [-0.25, -0.2) is 13.1 Å². The Morgan fingerprint density at radius 2 is 1.96 bits per heavy atom. The van der Waals surface area contributed by atoms with Crippen molar-refractivity contribution in [1.82, 2.24) is 14.5 Å². The quantitative estimate of drug-likeness (QED) is 0.573. The van der Waals surface area contributed by atoms with E-state index in [9.17, 15) is 31.7 Å². The maximum Gasteiger partial charge on any atom is 0.435 e. The molecule has 1 aromatic heterocycles. The highest BCUT2D eigenvalue weighted by Gasteiger charge is 2.39. The van der Waals surface area contributed by atoms with Crippen molar-refractivity contribution in [3.63, 3.8) is 0 Å². The summed E-state index contributed by atoms with van der Waals surface area (Å²) in [6.45, 7) is -0.275. The molecule has 8 nitrogen and oxygen atoms in total. The summed E-state index contributed by atoms with van der Waals surface area (Å²) in [5.41, 5.74) is -0.629. The van der Waals surface area contributed by atoms with E-state index in [1.54, 1.807) is 0 Å². The molecular formula is C16H17F3N4O4S. The standard InChI is InChI=1S/C16H17F3N4O4S/c17-16(18,19)15-13-6-1-2-7-14(13)22(21-15)9-8-20-28(26,27)12-5-3-4-11(10-12)23(24)25/h3-5,10,20H,1-2,6-9H2. The highest BCUT2D eigenvalue weighted by atomic mass is 32.2. The number of halogens is 3. The Labute approximate surface area is 158 Å². The van der Waals surface area contributed by atoms with E-state index in [-0.39, 0.29) is 29.2 Å². The molecule has 0 radical (unpaired) electrons. The monoisotopic (exact) mass is 418 g/mol. The van der Waals surface area contributed by atoms with Crippen LogP contribution in [0.5, 0.6) is 0 Å². The van der Waals surface area contributed by atoms with Gasteiger partial charge in [-0.05, 0) is 31.7 Å². The molecule has 0 aliphatic heterocycles. The Morgan fingerprint density at radius 3 is 2.64 bits per heavy atom. The summed E-state index contributed by atoms with van der Waals surface area (Å²) >= 11 is 0. The van der Waals surface area contributed by atoms with Crippen LogP contribution in [0.2, 0.25) is 0 Å². The first kappa shape index (κ1) is 20.3. The Morgan fingerprint density at radius 1 is 1.25 bits per heavy atom. The molecule has 0 spiro atoms. The van der Waals surface area contributed by atoms with Gasteiger partial charge in [0.05, 0.1) is 16.4 Å². The number of aromatic nitrogens is 2. The normalized spacial score (nSPS) is 14.7. The van der Waals surface area contributed by atoms with Crippen molar-refractivity contribution < 1.29 is 26.5 Å². The molecule has 0 amide bonds. The molecule has 0 bridgehead atoms. The van der Waals surface area contributed by atoms with Gasteiger partial charge in [0, 0.05) is 29.9 Å². The molecule has 0 atom stereocenters. The summed E-state index contributed by atoms with van der Waals surface area (Å²) in [6, 6.07) is 4.52. The number of sulfonamides is 1. The number of nitrogens with zero attached hydrogens (tertiary/aromatic N) is 3. The fourth-order valence-corrected chi connectivity index (χ4v) is 4.28. The van der Waals surface area contributed by atoms with Gasteiger partial charge in [0.25, 0.3) is 5.69 Å². The summed E-state index contributed by atoms with van der Waals surface area (Å²) in [5, 5.41) is 14.4. The number of nitrogens with one attached hydrogen (secondary N) is 1. The molecule has 1 aliphatic carbocycles. The Kier molecular flexibility index (Phi) is 5.44. The SMILES string of the molecule is O=[N+]([O-])c1cccc(S(=O)(=O)NCCn2nc(C(F)(F)F)c3c2CCCC3)c1. The van der Waals surface area contributed by atoms with Crippen LogP contribution < -0.4 is 4.72 Å². The maximum atomic E-state index is 13.2. The smallest absolute Gasteiger partial charge is 0.267 e. The summed E-state index contributed by atoms with van der Waals surface area (Å²) in [4.78, 5) is 9.78. The van der Waals surface area contributed by atoms with Gasteiger partial charge in [-0.15, -0.1) is 0 Å². The van der Waals surface area contributed by atoms with E-state index >= 15 is 0 Å². The Hall–Kier alpha value is -2.47. The van der Waals surface area contributed by atoms with E-state index in [2.05, 4.69) is 9.82 Å². The minimum absolute atomic E-state index is 0.0768. The summed E-state index contributed by atoms with van der Waals surface area (Å²) in [6.07, 6.45) is -2.41. The van der Waals surface area contributed by atoms with Crippen LogP contribution in [0.15, 0.2) is 29.2 Å². The summed E-state index contributed by atoms with van der Waals surface area (Å²) < 4.78 is 67.6. The van der Waals surface area contributed by atoms with Gasteiger partial charge >= 0.3 is 6.18 Å². The van der Waals surface area contributed by atoms with Crippen LogP contribution in [0.25, 0.3) is 0 Å². The van der Waals surface area contributed by atoms with E-state index in [1.807, 2.05) is 0 Å². The lowest BCUT2D eigenvalue weighted by atomic mass is 9.95. The zero-order valence-electron chi connectivity index (χ0n) is 14.6. The summed E-state index contributed by atoms with van der Waals surface area (Å²) in [5.74, 6) is 0. The molecule has 0 unspecified atom stereocenters. The minimum atomic E-state index is -4.56. The molecule has 1 aliphatic rings. The van der Waals surface area contributed by atoms with Crippen LogP contribution in [0, 0.1) is 10.1 Å². The van der Waals surface area contributed by atoms with Crippen molar-refractivity contribution in [3.8, 4) is 0 Å². The van der Waals surface area contributed by atoms with Gasteiger partial charge in [0.15, 0.2) is 5.69 Å². The average Bonchev–Trinajstić information content (AvgIpc) is 3.01. The van der Waals surface area contributed by atoms with Crippen molar-refractivity contribution in [1.29, 1.82) is 0 Å². The second-order valence-corrected chi connectivity index (χ2v) is 8.12. The predicted octanol–water partition coefficient (Wildman–Crippen LogP) is 2.67. The lowest BCUT2D eigenvalue weighted by Crippen LogP contribution is -2.28. The second kappa shape index (κ2) is 7.51. The third-order valence-electron chi connectivity index (χ3n) is 4.48. The van der Waals surface area contributed by atoms with Crippen LogP contribution in [-0.2, 0) is 35.6 Å². The van der Waals surface area contributed by atoms with Crippen LogP contribution in [0.3, 0.4) is 0 Å². The largest absolute Gasteiger partial charge is 0.435 e. The lowest BCUT2D eigenvalue weighted by Gasteiger charge is -2.15. The van der Waals surface area contributed by atoms with Gasteiger partial charge in [-0.1, -0.05) is 6.07 Å². The number of hydrogen-bond donors (Lipinski definition) is 1. The third kappa shape index (κ3) is 4.17. The Bertz CT molecular complexity index is 1000. The van der Waals surface area contributed by atoms with Gasteiger partial charge in [0.2, 0.25) is 10.0 Å².